The zero-order valence-corrected chi connectivity index (χ0v) is 14.3. The Hall–Kier alpha value is -1.48. The number of halogens is 1. The van der Waals surface area contributed by atoms with Gasteiger partial charge in [-0.1, -0.05) is 39.0 Å². The summed E-state index contributed by atoms with van der Waals surface area (Å²) in [5.41, 5.74) is 3.93. The van der Waals surface area contributed by atoms with Gasteiger partial charge < -0.3 is 9.64 Å². The van der Waals surface area contributed by atoms with Crippen LogP contribution in [0.1, 0.15) is 31.9 Å². The average molecular weight is 346 g/mol. The lowest BCUT2D eigenvalue weighted by Gasteiger charge is -2.32. The lowest BCUT2D eigenvalue weighted by Crippen LogP contribution is -2.32. The van der Waals surface area contributed by atoms with Crippen molar-refractivity contribution < 1.29 is 4.74 Å². The van der Waals surface area contributed by atoms with Gasteiger partial charge in [0.1, 0.15) is 5.75 Å². The van der Waals surface area contributed by atoms with Gasteiger partial charge in [-0.15, -0.1) is 0 Å². The lowest BCUT2D eigenvalue weighted by atomic mass is 9.86. The van der Waals surface area contributed by atoms with E-state index in [0.717, 1.165) is 16.8 Å². The number of nitrogens with zero attached hydrogens (tertiary/aromatic N) is 1. The third kappa shape index (κ3) is 2.93. The fourth-order valence-electron chi connectivity index (χ4n) is 2.57. The van der Waals surface area contributed by atoms with Crippen LogP contribution in [0, 0.1) is 0 Å². The van der Waals surface area contributed by atoms with E-state index in [0.29, 0.717) is 6.73 Å². The molecule has 0 aliphatic carbocycles. The molecule has 1 aliphatic rings. The normalized spacial score (nSPS) is 14.6. The third-order valence-electron chi connectivity index (χ3n) is 3.86. The molecule has 3 heteroatoms. The fourth-order valence-corrected chi connectivity index (χ4v) is 3.11. The van der Waals surface area contributed by atoms with E-state index in [1.807, 2.05) is 6.07 Å². The maximum Gasteiger partial charge on any atom is 0.161 e. The summed E-state index contributed by atoms with van der Waals surface area (Å²) in [6.45, 7) is 8.18. The van der Waals surface area contributed by atoms with Gasteiger partial charge in [0.15, 0.2) is 6.73 Å². The molecule has 0 fully saturated rings. The number of ether oxygens (including phenoxy) is 1. The summed E-state index contributed by atoms with van der Waals surface area (Å²) in [5, 5.41) is 0. The van der Waals surface area contributed by atoms with Gasteiger partial charge in [-0.3, -0.25) is 0 Å². The minimum absolute atomic E-state index is 0.157. The third-order valence-corrected chi connectivity index (χ3v) is 4.53. The van der Waals surface area contributed by atoms with Gasteiger partial charge in [-0.25, -0.2) is 0 Å². The van der Waals surface area contributed by atoms with Crippen LogP contribution < -0.4 is 9.64 Å². The topological polar surface area (TPSA) is 12.5 Å². The first kappa shape index (κ1) is 14.5. The molecule has 0 unspecified atom stereocenters. The van der Waals surface area contributed by atoms with Crippen LogP contribution in [0.2, 0.25) is 0 Å². The van der Waals surface area contributed by atoms with Gasteiger partial charge in [0, 0.05) is 16.6 Å². The molecule has 0 atom stereocenters. The van der Waals surface area contributed by atoms with Crippen molar-refractivity contribution in [1.82, 2.24) is 0 Å². The van der Waals surface area contributed by atoms with Gasteiger partial charge in [-0.05, 0) is 51.2 Å². The molecule has 0 saturated heterocycles. The second kappa shape index (κ2) is 5.38. The molecular formula is C18H20BrNO. The molecule has 0 N–H and O–H groups in total. The van der Waals surface area contributed by atoms with E-state index in [-0.39, 0.29) is 5.41 Å². The van der Waals surface area contributed by atoms with Crippen LogP contribution in [-0.2, 0) is 12.0 Å². The highest BCUT2D eigenvalue weighted by Crippen LogP contribution is 2.34. The van der Waals surface area contributed by atoms with E-state index in [1.54, 1.807) is 0 Å². The Balaban J connectivity index is 1.93. The average Bonchev–Trinajstić information content (AvgIpc) is 2.45. The molecule has 0 spiro atoms. The Morgan fingerprint density at radius 1 is 1.10 bits per heavy atom. The summed E-state index contributed by atoms with van der Waals surface area (Å²) in [4.78, 5) is 2.25. The van der Waals surface area contributed by atoms with Crippen molar-refractivity contribution in [1.29, 1.82) is 0 Å². The molecule has 110 valence electrons. The number of benzene rings is 2. The molecule has 0 saturated carbocycles. The molecular weight excluding hydrogens is 326 g/mol. The zero-order chi connectivity index (χ0) is 15.0. The van der Waals surface area contributed by atoms with Crippen LogP contribution in [0.25, 0.3) is 0 Å². The summed E-state index contributed by atoms with van der Waals surface area (Å²) in [5.74, 6) is 1.01. The summed E-state index contributed by atoms with van der Waals surface area (Å²) in [6, 6.07) is 14.8. The molecule has 1 heterocycles. The highest BCUT2D eigenvalue weighted by molar-refractivity contribution is 9.10. The van der Waals surface area contributed by atoms with E-state index in [1.165, 1.54) is 16.8 Å². The monoisotopic (exact) mass is 345 g/mol. The predicted molar refractivity (Wildman–Crippen MR) is 91.0 cm³/mol. The van der Waals surface area contributed by atoms with Gasteiger partial charge >= 0.3 is 0 Å². The zero-order valence-electron chi connectivity index (χ0n) is 12.7. The van der Waals surface area contributed by atoms with E-state index in [2.05, 4.69) is 78.0 Å². The number of hydrogen-bond donors (Lipinski definition) is 0. The van der Waals surface area contributed by atoms with E-state index >= 15 is 0 Å². The first-order chi connectivity index (χ1) is 9.95. The van der Waals surface area contributed by atoms with Gasteiger partial charge in [0.25, 0.3) is 0 Å². The quantitative estimate of drug-likeness (QED) is 0.712. The fraction of sp³-hybridized carbons (Fsp3) is 0.333. The molecule has 1 aliphatic heterocycles. The summed E-state index contributed by atoms with van der Waals surface area (Å²) in [7, 11) is 0. The smallest absolute Gasteiger partial charge is 0.161 e. The highest BCUT2D eigenvalue weighted by atomic mass is 79.9. The predicted octanol–water partition coefficient (Wildman–Crippen LogP) is 5.10. The minimum atomic E-state index is 0.157. The Labute approximate surface area is 134 Å². The Bertz CT molecular complexity index is 661. The molecule has 21 heavy (non-hydrogen) atoms. The van der Waals surface area contributed by atoms with Crippen molar-refractivity contribution in [3.63, 3.8) is 0 Å². The van der Waals surface area contributed by atoms with Crippen LogP contribution in [0.5, 0.6) is 5.75 Å². The SMILES string of the molecule is CC(C)(C)c1ccc2c(c1)CN(c1ccccc1Br)CO2. The number of para-hydroxylation sites is 1. The molecule has 0 bridgehead atoms. The second-order valence-corrected chi connectivity index (χ2v) is 7.35. The van der Waals surface area contributed by atoms with Crippen molar-refractivity contribution in [3.8, 4) is 5.75 Å². The molecule has 0 radical (unpaired) electrons. The van der Waals surface area contributed by atoms with Crippen molar-refractivity contribution in [2.75, 3.05) is 11.6 Å². The number of anilines is 1. The molecule has 0 aromatic heterocycles. The Morgan fingerprint density at radius 2 is 1.86 bits per heavy atom. The molecule has 2 nitrogen and oxygen atoms in total. The molecule has 2 aromatic carbocycles. The van der Waals surface area contributed by atoms with Gasteiger partial charge in [0.05, 0.1) is 5.69 Å². The van der Waals surface area contributed by atoms with Crippen LogP contribution in [0.15, 0.2) is 46.9 Å². The summed E-state index contributed by atoms with van der Waals surface area (Å²) < 4.78 is 7.02. The number of hydrogen-bond acceptors (Lipinski definition) is 2. The van der Waals surface area contributed by atoms with E-state index < -0.39 is 0 Å². The molecule has 3 rings (SSSR count). The number of rotatable bonds is 1. The van der Waals surface area contributed by atoms with Crippen molar-refractivity contribution in [3.05, 3.63) is 58.1 Å². The molecule has 2 aromatic rings. The first-order valence-electron chi connectivity index (χ1n) is 7.21. The van der Waals surface area contributed by atoms with Crippen LogP contribution in [0.4, 0.5) is 5.69 Å². The minimum Gasteiger partial charge on any atom is -0.473 e. The van der Waals surface area contributed by atoms with Crippen LogP contribution in [-0.4, -0.2) is 6.73 Å². The molecule has 0 amide bonds. The van der Waals surface area contributed by atoms with Crippen molar-refractivity contribution >= 4 is 21.6 Å². The van der Waals surface area contributed by atoms with Crippen LogP contribution >= 0.6 is 15.9 Å². The van der Waals surface area contributed by atoms with Crippen molar-refractivity contribution in [2.24, 2.45) is 0 Å². The second-order valence-electron chi connectivity index (χ2n) is 6.50. The maximum atomic E-state index is 5.92. The van der Waals surface area contributed by atoms with Crippen molar-refractivity contribution in [2.45, 2.75) is 32.7 Å². The summed E-state index contributed by atoms with van der Waals surface area (Å²) >= 11 is 3.62. The standard InChI is InChI=1S/C18H20BrNO/c1-18(2,3)14-8-9-17-13(10-14)11-20(12-21-17)16-7-5-4-6-15(16)19/h4-10H,11-12H2,1-3H3. The Kier molecular flexibility index (Phi) is 3.70. The highest BCUT2D eigenvalue weighted by Gasteiger charge is 2.22. The Morgan fingerprint density at radius 3 is 2.57 bits per heavy atom. The largest absolute Gasteiger partial charge is 0.473 e. The van der Waals surface area contributed by atoms with E-state index in [9.17, 15) is 0 Å². The first-order valence-corrected chi connectivity index (χ1v) is 8.00. The lowest BCUT2D eigenvalue weighted by molar-refractivity contribution is 0.289. The van der Waals surface area contributed by atoms with Gasteiger partial charge in [0.2, 0.25) is 0 Å². The summed E-state index contributed by atoms with van der Waals surface area (Å²) in [6.07, 6.45) is 0. The van der Waals surface area contributed by atoms with Crippen LogP contribution in [0.3, 0.4) is 0 Å². The number of fused-ring (bicyclic) bond motifs is 1. The maximum absolute atomic E-state index is 5.92. The van der Waals surface area contributed by atoms with Gasteiger partial charge in [-0.2, -0.15) is 0 Å². The van der Waals surface area contributed by atoms with E-state index in [4.69, 9.17) is 4.74 Å².